The smallest absolute Gasteiger partial charge is 0.340 e. The van der Waals surface area contributed by atoms with Gasteiger partial charge in [-0.25, -0.2) is 4.79 Å². The van der Waals surface area contributed by atoms with Crippen LogP contribution in [0.1, 0.15) is 22.2 Å². The second-order valence-corrected chi connectivity index (χ2v) is 7.88. The van der Waals surface area contributed by atoms with Gasteiger partial charge >= 0.3 is 5.97 Å². The van der Waals surface area contributed by atoms with Crippen molar-refractivity contribution in [3.8, 4) is 0 Å². The first-order chi connectivity index (χ1) is 13.0. The van der Waals surface area contributed by atoms with Crippen molar-refractivity contribution < 1.29 is 14.3 Å². The number of amides is 1. The Morgan fingerprint density at radius 2 is 1.85 bits per heavy atom. The molecule has 3 aromatic rings. The maximum absolute atomic E-state index is 12.7. The molecule has 0 saturated heterocycles. The molecule has 0 fully saturated rings. The summed E-state index contributed by atoms with van der Waals surface area (Å²) in [7, 11) is 0. The standard InChI is InChI=1S/C21H19NO3S2/c1-14-6-3-7-16(12-14)22-20(23)15(2)25-21(24)18(19-9-5-11-27-19)13-17-8-4-10-26-17/h3-13,15H,1-2H3,(H,22,23)/b18-13+/t15-/m0/s1. The fourth-order valence-electron chi connectivity index (χ4n) is 2.42. The van der Waals surface area contributed by atoms with Crippen LogP contribution >= 0.6 is 22.7 Å². The summed E-state index contributed by atoms with van der Waals surface area (Å²) in [5, 5.41) is 6.62. The summed E-state index contributed by atoms with van der Waals surface area (Å²) >= 11 is 2.99. The van der Waals surface area contributed by atoms with E-state index < -0.39 is 12.1 Å². The second-order valence-electron chi connectivity index (χ2n) is 5.96. The highest BCUT2D eigenvalue weighted by Crippen LogP contribution is 2.26. The summed E-state index contributed by atoms with van der Waals surface area (Å²) in [6.07, 6.45) is 0.883. The number of esters is 1. The average molecular weight is 398 g/mol. The predicted molar refractivity (Wildman–Crippen MR) is 112 cm³/mol. The Bertz CT molecular complexity index is 944. The SMILES string of the molecule is Cc1cccc(NC(=O)[C@H](C)OC(=O)/C(=C/c2cccs2)c2cccs2)c1. The number of anilines is 1. The van der Waals surface area contributed by atoms with Crippen LogP contribution in [-0.4, -0.2) is 18.0 Å². The molecule has 3 rings (SSSR count). The number of ether oxygens (including phenoxy) is 1. The van der Waals surface area contributed by atoms with E-state index in [-0.39, 0.29) is 5.91 Å². The largest absolute Gasteiger partial charge is 0.449 e. The van der Waals surface area contributed by atoms with Gasteiger partial charge in [0.1, 0.15) is 0 Å². The molecule has 0 aliphatic carbocycles. The van der Waals surface area contributed by atoms with E-state index in [2.05, 4.69) is 5.32 Å². The number of hydrogen-bond donors (Lipinski definition) is 1. The van der Waals surface area contributed by atoms with Crippen molar-refractivity contribution >= 4 is 51.9 Å². The van der Waals surface area contributed by atoms with Gasteiger partial charge in [-0.1, -0.05) is 24.3 Å². The molecule has 1 N–H and O–H groups in total. The van der Waals surface area contributed by atoms with Crippen LogP contribution in [0.25, 0.3) is 11.6 Å². The lowest BCUT2D eigenvalue weighted by Crippen LogP contribution is -2.30. The number of nitrogens with one attached hydrogen (secondary N) is 1. The first-order valence-electron chi connectivity index (χ1n) is 8.40. The molecule has 0 bridgehead atoms. The molecule has 6 heteroatoms. The number of hydrogen-bond acceptors (Lipinski definition) is 5. The number of benzene rings is 1. The fourth-order valence-corrected chi connectivity index (χ4v) is 3.81. The molecule has 1 amide bonds. The Hall–Kier alpha value is -2.70. The molecule has 2 aromatic heterocycles. The van der Waals surface area contributed by atoms with Crippen LogP contribution < -0.4 is 5.32 Å². The fraction of sp³-hybridized carbons (Fsp3) is 0.143. The Morgan fingerprint density at radius 1 is 1.07 bits per heavy atom. The molecule has 1 atom stereocenters. The molecule has 0 unspecified atom stereocenters. The summed E-state index contributed by atoms with van der Waals surface area (Å²) in [6.45, 7) is 3.52. The van der Waals surface area contributed by atoms with E-state index in [1.54, 1.807) is 19.1 Å². The van der Waals surface area contributed by atoms with Crippen molar-refractivity contribution in [1.29, 1.82) is 0 Å². The van der Waals surface area contributed by atoms with Crippen LogP contribution in [0.4, 0.5) is 5.69 Å². The van der Waals surface area contributed by atoms with Crippen LogP contribution in [0.3, 0.4) is 0 Å². The lowest BCUT2D eigenvalue weighted by Gasteiger charge is -2.15. The Morgan fingerprint density at radius 3 is 2.52 bits per heavy atom. The molecule has 0 radical (unpaired) electrons. The van der Waals surface area contributed by atoms with Gasteiger partial charge in [0, 0.05) is 15.4 Å². The summed E-state index contributed by atoms with van der Waals surface area (Å²) in [5.41, 5.74) is 2.16. The van der Waals surface area contributed by atoms with E-state index in [0.717, 1.165) is 15.3 Å². The van der Waals surface area contributed by atoms with Crippen LogP contribution in [0, 0.1) is 6.92 Å². The molecule has 4 nitrogen and oxygen atoms in total. The van der Waals surface area contributed by atoms with Gasteiger partial charge in [0.25, 0.3) is 5.91 Å². The number of thiophene rings is 2. The van der Waals surface area contributed by atoms with Crippen LogP contribution in [0.5, 0.6) is 0 Å². The summed E-state index contributed by atoms with van der Waals surface area (Å²) in [6, 6.07) is 15.1. The van der Waals surface area contributed by atoms with Crippen molar-refractivity contribution in [3.63, 3.8) is 0 Å². The van der Waals surface area contributed by atoms with E-state index in [1.807, 2.05) is 60.1 Å². The zero-order valence-electron chi connectivity index (χ0n) is 15.0. The highest BCUT2D eigenvalue weighted by atomic mass is 32.1. The number of aryl methyl sites for hydroxylation is 1. The monoisotopic (exact) mass is 397 g/mol. The molecule has 1 aromatic carbocycles. The van der Waals surface area contributed by atoms with Crippen LogP contribution in [0.15, 0.2) is 59.3 Å². The maximum Gasteiger partial charge on any atom is 0.340 e. The first kappa shape index (κ1) is 19.1. The zero-order valence-corrected chi connectivity index (χ0v) is 16.6. The third-order valence-electron chi connectivity index (χ3n) is 3.77. The Balaban J connectivity index is 1.72. The van der Waals surface area contributed by atoms with Gasteiger partial charge < -0.3 is 10.1 Å². The lowest BCUT2D eigenvalue weighted by molar-refractivity contribution is -0.147. The average Bonchev–Trinajstić information content (AvgIpc) is 3.33. The van der Waals surface area contributed by atoms with Crippen LogP contribution in [0.2, 0.25) is 0 Å². The summed E-state index contributed by atoms with van der Waals surface area (Å²) < 4.78 is 5.44. The summed E-state index contributed by atoms with van der Waals surface area (Å²) in [4.78, 5) is 26.9. The zero-order chi connectivity index (χ0) is 19.2. The highest BCUT2D eigenvalue weighted by Gasteiger charge is 2.22. The molecule has 0 aliphatic rings. The number of carbonyl (C=O) groups is 2. The van der Waals surface area contributed by atoms with Crippen molar-refractivity contribution in [1.82, 2.24) is 0 Å². The number of carbonyl (C=O) groups excluding carboxylic acids is 2. The van der Waals surface area contributed by atoms with Gasteiger partial charge in [0.2, 0.25) is 0 Å². The maximum atomic E-state index is 12.7. The van der Waals surface area contributed by atoms with Crippen molar-refractivity contribution in [2.24, 2.45) is 0 Å². The van der Waals surface area contributed by atoms with E-state index in [4.69, 9.17) is 4.74 Å². The molecule has 0 aliphatic heterocycles. The summed E-state index contributed by atoms with van der Waals surface area (Å²) in [5.74, 6) is -0.881. The van der Waals surface area contributed by atoms with E-state index >= 15 is 0 Å². The number of rotatable bonds is 6. The molecular weight excluding hydrogens is 378 g/mol. The van der Waals surface area contributed by atoms with Crippen molar-refractivity contribution in [2.75, 3.05) is 5.32 Å². The second kappa shape index (κ2) is 8.79. The van der Waals surface area contributed by atoms with Gasteiger partial charge in [-0.05, 0) is 60.5 Å². The minimum Gasteiger partial charge on any atom is -0.449 e. The first-order valence-corrected chi connectivity index (χ1v) is 10.2. The van der Waals surface area contributed by atoms with E-state index in [0.29, 0.717) is 11.3 Å². The van der Waals surface area contributed by atoms with Gasteiger partial charge in [0.05, 0.1) is 5.57 Å². The molecule has 0 spiro atoms. The normalized spacial score (nSPS) is 12.4. The molecule has 138 valence electrons. The third-order valence-corrected chi connectivity index (χ3v) is 5.50. The third kappa shape index (κ3) is 5.15. The molecule has 2 heterocycles. The minimum atomic E-state index is -0.912. The predicted octanol–water partition coefficient (Wildman–Crippen LogP) is 5.23. The van der Waals surface area contributed by atoms with Gasteiger partial charge in [-0.3, -0.25) is 4.79 Å². The molecule has 0 saturated carbocycles. The molecule has 27 heavy (non-hydrogen) atoms. The van der Waals surface area contributed by atoms with E-state index in [9.17, 15) is 9.59 Å². The van der Waals surface area contributed by atoms with Crippen molar-refractivity contribution in [2.45, 2.75) is 20.0 Å². The quantitative estimate of drug-likeness (QED) is 0.458. The van der Waals surface area contributed by atoms with Crippen LogP contribution in [-0.2, 0) is 14.3 Å². The topological polar surface area (TPSA) is 55.4 Å². The lowest BCUT2D eigenvalue weighted by atomic mass is 10.2. The minimum absolute atomic E-state index is 0.365. The van der Waals surface area contributed by atoms with Gasteiger partial charge in [0.15, 0.2) is 6.10 Å². The van der Waals surface area contributed by atoms with Gasteiger partial charge in [-0.15, -0.1) is 22.7 Å². The van der Waals surface area contributed by atoms with E-state index in [1.165, 1.54) is 22.7 Å². The Labute approximate surface area is 166 Å². The Kier molecular flexibility index (Phi) is 6.21. The van der Waals surface area contributed by atoms with Crippen molar-refractivity contribution in [3.05, 3.63) is 74.6 Å². The molecular formula is C21H19NO3S2. The van der Waals surface area contributed by atoms with Gasteiger partial charge in [-0.2, -0.15) is 0 Å². The highest BCUT2D eigenvalue weighted by molar-refractivity contribution is 7.12.